The van der Waals surface area contributed by atoms with E-state index in [-0.39, 0.29) is 0 Å². The average Bonchev–Trinajstić information content (AvgIpc) is 2.76. The highest BCUT2D eigenvalue weighted by atomic mass is 16.5. The largest absolute Gasteiger partial charge is 0.385 e. The number of nitrogens with one attached hydrogen (secondary N) is 1. The molecule has 4 nitrogen and oxygen atoms in total. The van der Waals surface area contributed by atoms with E-state index in [2.05, 4.69) is 41.8 Å². The van der Waals surface area contributed by atoms with Crippen LogP contribution in [0, 0.1) is 18.8 Å². The number of nitrogens with zero attached hydrogens (tertiary/aromatic N) is 2. The Morgan fingerprint density at radius 3 is 2.90 bits per heavy atom. The molecule has 1 heterocycles. The smallest absolute Gasteiger partial charge is 0.203 e. The molecule has 4 heteroatoms. The Kier molecular flexibility index (Phi) is 5.46. The Bertz CT molecular complexity index is 416. The molecule has 20 heavy (non-hydrogen) atoms. The third kappa shape index (κ3) is 3.75. The number of hydrogen-bond acceptors (Lipinski definition) is 3. The zero-order valence-corrected chi connectivity index (χ0v) is 13.4. The highest BCUT2D eigenvalue weighted by Crippen LogP contribution is 2.38. The van der Waals surface area contributed by atoms with Gasteiger partial charge in [0.2, 0.25) is 5.95 Å². The zero-order chi connectivity index (χ0) is 14.5. The highest BCUT2D eigenvalue weighted by molar-refractivity contribution is 5.29. The molecule has 0 amide bonds. The molecule has 0 saturated heterocycles. The molecule has 0 bridgehead atoms. The van der Waals surface area contributed by atoms with Crippen LogP contribution in [-0.4, -0.2) is 29.8 Å². The summed E-state index contributed by atoms with van der Waals surface area (Å²) in [6.07, 6.45) is 7.14. The number of imidazole rings is 1. The fourth-order valence-corrected chi connectivity index (χ4v) is 3.38. The van der Waals surface area contributed by atoms with E-state index < -0.39 is 0 Å². The molecule has 1 fully saturated rings. The van der Waals surface area contributed by atoms with E-state index in [0.717, 1.165) is 43.1 Å². The van der Waals surface area contributed by atoms with Crippen LogP contribution in [0.25, 0.3) is 0 Å². The Labute approximate surface area is 122 Å². The summed E-state index contributed by atoms with van der Waals surface area (Å²) in [4.78, 5) is 4.65. The van der Waals surface area contributed by atoms with Gasteiger partial charge in [-0.15, -0.1) is 0 Å². The quantitative estimate of drug-likeness (QED) is 0.808. The molecule has 0 radical (unpaired) electrons. The molecule has 3 atom stereocenters. The van der Waals surface area contributed by atoms with Gasteiger partial charge in [-0.2, -0.15) is 0 Å². The molecule has 1 N–H and O–H groups in total. The maximum absolute atomic E-state index is 5.09. The molecular formula is C16H29N3O. The second-order valence-corrected chi connectivity index (χ2v) is 6.35. The lowest BCUT2D eigenvalue weighted by atomic mass is 9.80. The number of aromatic nitrogens is 2. The van der Waals surface area contributed by atoms with Crippen molar-refractivity contribution in [1.29, 1.82) is 0 Å². The van der Waals surface area contributed by atoms with Crippen molar-refractivity contribution >= 4 is 5.95 Å². The lowest BCUT2D eigenvalue weighted by Gasteiger charge is -2.34. The minimum Gasteiger partial charge on any atom is -0.385 e. The van der Waals surface area contributed by atoms with Crippen LogP contribution in [0.5, 0.6) is 0 Å². The molecule has 1 saturated carbocycles. The predicted octanol–water partition coefficient (Wildman–Crippen LogP) is 3.64. The van der Waals surface area contributed by atoms with Gasteiger partial charge in [-0.1, -0.05) is 13.8 Å². The third-order valence-corrected chi connectivity index (χ3v) is 4.40. The fraction of sp³-hybridized carbons (Fsp3) is 0.812. The van der Waals surface area contributed by atoms with E-state index in [4.69, 9.17) is 4.74 Å². The van der Waals surface area contributed by atoms with Crippen LogP contribution in [0.3, 0.4) is 0 Å². The summed E-state index contributed by atoms with van der Waals surface area (Å²) in [5, 5.41) is 3.47. The van der Waals surface area contributed by atoms with Crippen molar-refractivity contribution in [2.75, 3.05) is 25.6 Å². The summed E-state index contributed by atoms with van der Waals surface area (Å²) in [6.45, 7) is 8.54. The van der Waals surface area contributed by atoms with Gasteiger partial charge in [-0.05, 0) is 44.4 Å². The van der Waals surface area contributed by atoms with E-state index in [1.807, 2.05) is 0 Å². The van der Waals surface area contributed by atoms with Crippen LogP contribution in [0.1, 0.15) is 51.3 Å². The van der Waals surface area contributed by atoms with Gasteiger partial charge in [0, 0.05) is 32.5 Å². The summed E-state index contributed by atoms with van der Waals surface area (Å²) in [5.41, 5.74) is 1.10. The number of methoxy groups -OCH3 is 1. The van der Waals surface area contributed by atoms with Crippen LogP contribution in [0.4, 0.5) is 5.95 Å². The maximum Gasteiger partial charge on any atom is 0.203 e. The van der Waals surface area contributed by atoms with Crippen LogP contribution >= 0.6 is 0 Å². The first-order valence-corrected chi connectivity index (χ1v) is 7.90. The third-order valence-electron chi connectivity index (χ3n) is 4.40. The lowest BCUT2D eigenvalue weighted by molar-refractivity contribution is 0.197. The second-order valence-electron chi connectivity index (χ2n) is 6.35. The van der Waals surface area contributed by atoms with Gasteiger partial charge >= 0.3 is 0 Å². The van der Waals surface area contributed by atoms with Crippen molar-refractivity contribution in [1.82, 2.24) is 9.55 Å². The van der Waals surface area contributed by atoms with Crippen molar-refractivity contribution in [3.8, 4) is 0 Å². The molecule has 0 aromatic carbocycles. The van der Waals surface area contributed by atoms with Gasteiger partial charge in [0.15, 0.2) is 0 Å². The summed E-state index contributed by atoms with van der Waals surface area (Å²) < 4.78 is 7.47. The van der Waals surface area contributed by atoms with Gasteiger partial charge in [0.05, 0.1) is 5.69 Å². The summed E-state index contributed by atoms with van der Waals surface area (Å²) in [7, 11) is 1.75. The van der Waals surface area contributed by atoms with Crippen LogP contribution < -0.4 is 5.32 Å². The van der Waals surface area contributed by atoms with Crippen molar-refractivity contribution in [3.05, 3.63) is 11.9 Å². The van der Waals surface area contributed by atoms with Crippen molar-refractivity contribution in [2.45, 2.75) is 52.5 Å². The Morgan fingerprint density at radius 2 is 2.20 bits per heavy atom. The minimum absolute atomic E-state index is 0.595. The van der Waals surface area contributed by atoms with Gasteiger partial charge in [-0.25, -0.2) is 4.98 Å². The molecule has 3 unspecified atom stereocenters. The number of hydrogen-bond donors (Lipinski definition) is 1. The van der Waals surface area contributed by atoms with E-state index in [1.165, 1.54) is 19.3 Å². The van der Waals surface area contributed by atoms with E-state index >= 15 is 0 Å². The molecule has 0 aliphatic heterocycles. The van der Waals surface area contributed by atoms with Crippen molar-refractivity contribution in [3.63, 3.8) is 0 Å². The Hall–Kier alpha value is -1.03. The summed E-state index contributed by atoms with van der Waals surface area (Å²) in [6, 6.07) is 0.595. The first kappa shape index (κ1) is 15.4. The molecule has 1 aliphatic carbocycles. The van der Waals surface area contributed by atoms with Crippen molar-refractivity contribution in [2.24, 2.45) is 11.8 Å². The SMILES string of the molecule is COCCCNc1nc(C)cn1C1CCC(C)CC1C. The standard InChI is InChI=1S/C16H29N3O/c1-12-6-7-15(13(2)10-12)19-11-14(3)18-16(19)17-8-5-9-20-4/h11-13,15H,5-10H2,1-4H3,(H,17,18). The second kappa shape index (κ2) is 7.11. The molecule has 1 aromatic rings. The predicted molar refractivity (Wildman–Crippen MR) is 83.2 cm³/mol. The van der Waals surface area contributed by atoms with Gasteiger partial charge in [-0.3, -0.25) is 0 Å². The van der Waals surface area contributed by atoms with E-state index in [0.29, 0.717) is 6.04 Å². The van der Waals surface area contributed by atoms with E-state index in [9.17, 15) is 0 Å². The highest BCUT2D eigenvalue weighted by Gasteiger charge is 2.28. The number of aryl methyl sites for hydroxylation is 1. The zero-order valence-electron chi connectivity index (χ0n) is 13.4. The normalized spacial score (nSPS) is 26.7. The minimum atomic E-state index is 0.595. The van der Waals surface area contributed by atoms with Gasteiger partial charge < -0.3 is 14.6 Å². The number of rotatable bonds is 6. The summed E-state index contributed by atoms with van der Waals surface area (Å²) in [5.74, 6) is 2.63. The summed E-state index contributed by atoms with van der Waals surface area (Å²) >= 11 is 0. The number of ether oxygens (including phenoxy) is 1. The molecule has 0 spiro atoms. The van der Waals surface area contributed by atoms with Crippen LogP contribution in [0.2, 0.25) is 0 Å². The molecular weight excluding hydrogens is 250 g/mol. The molecule has 1 aromatic heterocycles. The maximum atomic E-state index is 5.09. The lowest BCUT2D eigenvalue weighted by Crippen LogP contribution is -2.25. The molecule has 114 valence electrons. The van der Waals surface area contributed by atoms with Crippen molar-refractivity contribution < 1.29 is 4.74 Å². The van der Waals surface area contributed by atoms with E-state index in [1.54, 1.807) is 7.11 Å². The Balaban J connectivity index is 2.03. The molecule has 1 aliphatic rings. The first-order valence-electron chi connectivity index (χ1n) is 7.90. The van der Waals surface area contributed by atoms with Crippen LogP contribution in [0.15, 0.2) is 6.20 Å². The number of anilines is 1. The topological polar surface area (TPSA) is 39.1 Å². The average molecular weight is 279 g/mol. The monoisotopic (exact) mass is 279 g/mol. The van der Waals surface area contributed by atoms with Gasteiger partial charge in [0.1, 0.15) is 0 Å². The van der Waals surface area contributed by atoms with Gasteiger partial charge in [0.25, 0.3) is 0 Å². The fourth-order valence-electron chi connectivity index (χ4n) is 3.38. The molecule has 2 rings (SSSR count). The van der Waals surface area contributed by atoms with Crippen LogP contribution in [-0.2, 0) is 4.74 Å². The Morgan fingerprint density at radius 1 is 1.40 bits per heavy atom. The first-order chi connectivity index (χ1) is 9.61.